The second kappa shape index (κ2) is 11.4. The van der Waals surface area contributed by atoms with Crippen LogP contribution in [0.1, 0.15) is 18.1 Å². The van der Waals surface area contributed by atoms with Crippen molar-refractivity contribution < 1.29 is 23.5 Å². The van der Waals surface area contributed by atoms with E-state index in [1.807, 2.05) is 38.1 Å². The van der Waals surface area contributed by atoms with Gasteiger partial charge in [0, 0.05) is 5.69 Å². The number of amides is 2. The number of carbonyl (C=O) groups excluding carboxylic acids is 2. The van der Waals surface area contributed by atoms with Crippen molar-refractivity contribution in [2.24, 2.45) is 0 Å². The molecular weight excluding hydrogens is 499 g/mol. The van der Waals surface area contributed by atoms with Gasteiger partial charge in [0.2, 0.25) is 0 Å². The minimum atomic E-state index is -0.395. The van der Waals surface area contributed by atoms with Gasteiger partial charge in [0.1, 0.15) is 5.82 Å². The van der Waals surface area contributed by atoms with Crippen molar-refractivity contribution in [3.8, 4) is 11.5 Å². The third kappa shape index (κ3) is 5.92. The zero-order valence-corrected chi connectivity index (χ0v) is 21.3. The molecule has 0 radical (unpaired) electrons. The lowest BCUT2D eigenvalue weighted by Gasteiger charge is -2.16. The molecule has 0 atom stereocenters. The molecular formula is C27H23FN2O4S2. The first-order valence-corrected chi connectivity index (χ1v) is 12.4. The highest BCUT2D eigenvalue weighted by Crippen LogP contribution is 2.38. The number of aryl methyl sites for hydroxylation is 1. The van der Waals surface area contributed by atoms with Crippen LogP contribution in [0.2, 0.25) is 0 Å². The van der Waals surface area contributed by atoms with Gasteiger partial charge in [-0.2, -0.15) is 0 Å². The van der Waals surface area contributed by atoms with Crippen LogP contribution >= 0.6 is 24.0 Å². The quantitative estimate of drug-likeness (QED) is 0.291. The number of anilines is 2. The van der Waals surface area contributed by atoms with E-state index in [2.05, 4.69) is 5.32 Å². The molecule has 1 aliphatic rings. The molecule has 9 heteroatoms. The third-order valence-corrected chi connectivity index (χ3v) is 6.50. The Kier molecular flexibility index (Phi) is 8.02. The van der Waals surface area contributed by atoms with E-state index in [4.69, 9.17) is 21.7 Å². The Morgan fingerprint density at radius 3 is 2.56 bits per heavy atom. The van der Waals surface area contributed by atoms with E-state index in [-0.39, 0.29) is 18.3 Å². The summed E-state index contributed by atoms with van der Waals surface area (Å²) in [5, 5.41) is 2.64. The van der Waals surface area contributed by atoms with Crippen LogP contribution < -0.4 is 19.7 Å². The van der Waals surface area contributed by atoms with Crippen molar-refractivity contribution in [1.82, 2.24) is 0 Å². The van der Waals surface area contributed by atoms with Crippen molar-refractivity contribution in [3.05, 3.63) is 88.6 Å². The first-order chi connectivity index (χ1) is 17.4. The first-order valence-electron chi connectivity index (χ1n) is 11.1. The van der Waals surface area contributed by atoms with Crippen LogP contribution in [0.4, 0.5) is 15.8 Å². The number of carbonyl (C=O) groups is 2. The average Bonchev–Trinajstić information content (AvgIpc) is 3.13. The summed E-state index contributed by atoms with van der Waals surface area (Å²) in [7, 11) is 0. The predicted molar refractivity (Wildman–Crippen MR) is 145 cm³/mol. The van der Waals surface area contributed by atoms with Gasteiger partial charge in [-0.3, -0.25) is 14.5 Å². The molecule has 2 amide bonds. The largest absolute Gasteiger partial charge is 0.490 e. The number of nitrogens with zero attached hydrogens (tertiary/aromatic N) is 1. The number of benzene rings is 3. The highest BCUT2D eigenvalue weighted by Gasteiger charge is 2.34. The number of halogens is 1. The van der Waals surface area contributed by atoms with Gasteiger partial charge in [-0.25, -0.2) is 4.39 Å². The van der Waals surface area contributed by atoms with Crippen LogP contribution in [0, 0.1) is 12.7 Å². The molecule has 3 aromatic rings. The lowest BCUT2D eigenvalue weighted by molar-refractivity contribution is -0.118. The number of thioether (sulfide) groups is 1. The van der Waals surface area contributed by atoms with E-state index >= 15 is 0 Å². The normalized spacial score (nSPS) is 14.3. The van der Waals surface area contributed by atoms with Crippen molar-refractivity contribution in [2.75, 3.05) is 23.4 Å². The lowest BCUT2D eigenvalue weighted by atomic mass is 10.1. The lowest BCUT2D eigenvalue weighted by Crippen LogP contribution is -2.28. The van der Waals surface area contributed by atoms with E-state index in [0.29, 0.717) is 33.0 Å². The number of rotatable bonds is 8. The third-order valence-electron chi connectivity index (χ3n) is 5.20. The van der Waals surface area contributed by atoms with Gasteiger partial charge in [0.05, 0.1) is 17.2 Å². The van der Waals surface area contributed by atoms with E-state index in [1.54, 1.807) is 29.2 Å². The summed E-state index contributed by atoms with van der Waals surface area (Å²) in [5.74, 6) is -0.142. The maximum atomic E-state index is 13.1. The summed E-state index contributed by atoms with van der Waals surface area (Å²) < 4.78 is 24.9. The number of nitrogens with one attached hydrogen (secondary N) is 1. The molecule has 1 aliphatic heterocycles. The summed E-state index contributed by atoms with van der Waals surface area (Å²) in [6.45, 7) is 3.90. The molecule has 1 N–H and O–H groups in total. The predicted octanol–water partition coefficient (Wildman–Crippen LogP) is 5.96. The Morgan fingerprint density at radius 2 is 1.83 bits per heavy atom. The second-order valence-corrected chi connectivity index (χ2v) is 9.46. The number of hydrogen-bond donors (Lipinski definition) is 1. The van der Waals surface area contributed by atoms with Crippen molar-refractivity contribution in [3.63, 3.8) is 0 Å². The summed E-state index contributed by atoms with van der Waals surface area (Å²) in [6, 6.07) is 18.3. The van der Waals surface area contributed by atoms with Crippen LogP contribution in [0.5, 0.6) is 11.5 Å². The van der Waals surface area contributed by atoms with Gasteiger partial charge in [-0.15, -0.1) is 0 Å². The van der Waals surface area contributed by atoms with Gasteiger partial charge in [-0.05, 0) is 73.5 Å². The smallest absolute Gasteiger partial charge is 0.270 e. The minimum Gasteiger partial charge on any atom is -0.490 e. The number of para-hydroxylation sites is 1. The first kappa shape index (κ1) is 25.4. The van der Waals surface area contributed by atoms with Gasteiger partial charge in [-0.1, -0.05) is 48.2 Å². The fraction of sp³-hybridized carbons (Fsp3) is 0.148. The van der Waals surface area contributed by atoms with Crippen LogP contribution in [-0.4, -0.2) is 29.3 Å². The van der Waals surface area contributed by atoms with E-state index in [0.717, 1.165) is 16.8 Å². The van der Waals surface area contributed by atoms with Gasteiger partial charge in [0.15, 0.2) is 22.4 Å². The maximum absolute atomic E-state index is 13.1. The zero-order valence-electron chi connectivity index (χ0n) is 19.6. The van der Waals surface area contributed by atoms with E-state index in [9.17, 15) is 14.0 Å². The summed E-state index contributed by atoms with van der Waals surface area (Å²) in [6.07, 6.45) is 1.76. The van der Waals surface area contributed by atoms with Gasteiger partial charge < -0.3 is 14.8 Å². The molecule has 36 heavy (non-hydrogen) atoms. The standard InChI is InChI=1S/C27H23FN2O4S2/c1-3-33-23-14-18(8-13-22(23)34-16-25(31)29-20-11-9-19(28)10-12-20)15-24-26(32)30(27(35)36-24)21-7-5-4-6-17(21)2/h4-15H,3,16H2,1-2H3,(H,29,31)/b24-15-. The van der Waals surface area contributed by atoms with Crippen molar-refractivity contribution in [1.29, 1.82) is 0 Å². The number of ether oxygens (including phenoxy) is 2. The second-order valence-electron chi connectivity index (χ2n) is 7.79. The van der Waals surface area contributed by atoms with Crippen LogP contribution in [0.3, 0.4) is 0 Å². The van der Waals surface area contributed by atoms with Gasteiger partial charge in [0.25, 0.3) is 11.8 Å². The summed E-state index contributed by atoms with van der Waals surface area (Å²) in [5.41, 5.74) is 2.92. The fourth-order valence-electron chi connectivity index (χ4n) is 3.52. The topological polar surface area (TPSA) is 67.9 Å². The van der Waals surface area contributed by atoms with Gasteiger partial charge >= 0.3 is 0 Å². The summed E-state index contributed by atoms with van der Waals surface area (Å²) >= 11 is 6.72. The molecule has 1 heterocycles. The molecule has 6 nitrogen and oxygen atoms in total. The Bertz CT molecular complexity index is 1340. The van der Waals surface area contributed by atoms with Crippen molar-refractivity contribution >= 4 is 57.6 Å². The maximum Gasteiger partial charge on any atom is 0.270 e. The van der Waals surface area contributed by atoms with Crippen molar-refractivity contribution in [2.45, 2.75) is 13.8 Å². The van der Waals surface area contributed by atoms with Crippen LogP contribution in [-0.2, 0) is 9.59 Å². The molecule has 0 bridgehead atoms. The molecule has 0 spiro atoms. The average molecular weight is 523 g/mol. The minimum absolute atomic E-state index is 0.185. The van der Waals surface area contributed by atoms with E-state index in [1.165, 1.54) is 36.0 Å². The molecule has 1 saturated heterocycles. The molecule has 0 unspecified atom stereocenters. The number of thiocarbonyl (C=S) groups is 1. The number of hydrogen-bond acceptors (Lipinski definition) is 6. The fourth-order valence-corrected chi connectivity index (χ4v) is 4.80. The Morgan fingerprint density at radius 1 is 1.08 bits per heavy atom. The summed E-state index contributed by atoms with van der Waals surface area (Å²) in [4.78, 5) is 27.4. The molecule has 3 aromatic carbocycles. The molecule has 0 saturated carbocycles. The van der Waals surface area contributed by atoms with Crippen LogP contribution in [0.15, 0.2) is 71.6 Å². The molecule has 1 fully saturated rings. The monoisotopic (exact) mass is 522 g/mol. The van der Waals surface area contributed by atoms with Crippen LogP contribution in [0.25, 0.3) is 6.08 Å². The van der Waals surface area contributed by atoms with E-state index < -0.39 is 5.91 Å². The Labute approximate surface area is 218 Å². The molecule has 0 aromatic heterocycles. The SMILES string of the molecule is CCOc1cc(/C=C2\SC(=S)N(c3ccccc3C)C2=O)ccc1OCC(=O)Nc1ccc(F)cc1. The highest BCUT2D eigenvalue weighted by molar-refractivity contribution is 8.27. The molecule has 0 aliphatic carbocycles. The Balaban J connectivity index is 1.48. The molecule has 4 rings (SSSR count). The zero-order chi connectivity index (χ0) is 25.7. The Hall–Kier alpha value is -3.69. The highest BCUT2D eigenvalue weighted by atomic mass is 32.2. The molecule has 184 valence electrons.